The van der Waals surface area contributed by atoms with E-state index in [-0.39, 0.29) is 19.0 Å². The largest absolute Gasteiger partial charge is 0.394 e. The molecule has 0 saturated carbocycles. The standard InChI is InChI=1S/C27H32FN5O3/c1-18(20-3-2-19-6-9-32(16-25(35)17-34)10-7-21(19)12-20)31-27(36-30)22-4-5-26(23(13-22)14-29)33-11-8-24(28)15-33/h2-5,12-13,24-25,34-35H,1,6-11,15-17,30H2/b31-27-. The molecule has 2 aromatic carbocycles. The molecule has 1 fully saturated rings. The normalized spacial score (nSPS) is 19.4. The molecule has 0 bridgehead atoms. The highest BCUT2D eigenvalue weighted by molar-refractivity contribution is 5.98. The lowest BCUT2D eigenvalue weighted by Crippen LogP contribution is -2.35. The highest BCUT2D eigenvalue weighted by atomic mass is 19.1. The summed E-state index contributed by atoms with van der Waals surface area (Å²) in [4.78, 5) is 13.6. The summed E-state index contributed by atoms with van der Waals surface area (Å²) < 4.78 is 13.7. The molecular formula is C27H32FN5O3. The first kappa shape index (κ1) is 25.8. The number of fused-ring (bicyclic) bond motifs is 1. The molecule has 190 valence electrons. The molecule has 2 atom stereocenters. The van der Waals surface area contributed by atoms with Crippen LogP contribution >= 0.6 is 0 Å². The van der Waals surface area contributed by atoms with Crippen molar-refractivity contribution in [2.75, 3.05) is 44.2 Å². The van der Waals surface area contributed by atoms with Crippen LogP contribution in [0.2, 0.25) is 0 Å². The smallest absolute Gasteiger partial charge is 0.245 e. The third-order valence-electron chi connectivity index (χ3n) is 6.80. The Labute approximate surface area is 210 Å². The zero-order valence-electron chi connectivity index (χ0n) is 20.2. The van der Waals surface area contributed by atoms with E-state index < -0.39 is 12.3 Å². The lowest BCUT2D eigenvalue weighted by molar-refractivity contribution is 0.0605. The van der Waals surface area contributed by atoms with Gasteiger partial charge >= 0.3 is 0 Å². The van der Waals surface area contributed by atoms with Gasteiger partial charge in [-0.15, -0.1) is 0 Å². The van der Waals surface area contributed by atoms with Gasteiger partial charge < -0.3 is 24.9 Å². The Kier molecular flexibility index (Phi) is 8.33. The summed E-state index contributed by atoms with van der Waals surface area (Å²) in [6.45, 7) is 6.74. The number of β-amino-alcohol motifs (C(OH)–C–C–N with tert-alkyl or cyclic N) is 1. The van der Waals surface area contributed by atoms with E-state index >= 15 is 0 Å². The van der Waals surface area contributed by atoms with Gasteiger partial charge in [0.2, 0.25) is 5.90 Å². The molecule has 2 unspecified atom stereocenters. The molecule has 0 spiro atoms. The molecule has 8 nitrogen and oxygen atoms in total. The molecule has 2 aromatic rings. The van der Waals surface area contributed by atoms with Crippen molar-refractivity contribution >= 4 is 17.3 Å². The lowest BCUT2D eigenvalue weighted by atomic mass is 9.99. The van der Waals surface area contributed by atoms with Crippen molar-refractivity contribution in [1.29, 1.82) is 5.26 Å². The maximum absolute atomic E-state index is 13.7. The number of nitriles is 1. The number of anilines is 1. The number of benzene rings is 2. The zero-order chi connectivity index (χ0) is 25.7. The number of alkyl halides is 1. The van der Waals surface area contributed by atoms with Crippen LogP contribution in [0.3, 0.4) is 0 Å². The van der Waals surface area contributed by atoms with Gasteiger partial charge in [-0.3, -0.25) is 0 Å². The van der Waals surface area contributed by atoms with Crippen LogP contribution in [-0.2, 0) is 17.7 Å². The van der Waals surface area contributed by atoms with Crippen molar-refractivity contribution in [1.82, 2.24) is 4.90 Å². The number of halogens is 1. The van der Waals surface area contributed by atoms with Crippen LogP contribution in [0, 0.1) is 11.3 Å². The molecule has 1 saturated heterocycles. The van der Waals surface area contributed by atoms with E-state index in [0.717, 1.165) is 31.5 Å². The molecule has 0 amide bonds. The Morgan fingerprint density at radius 1 is 1.19 bits per heavy atom. The molecule has 0 aromatic heterocycles. The molecule has 4 rings (SSSR count). The molecule has 2 aliphatic rings. The SMILES string of the molecule is C=C(/N=C(\ON)c1ccc(N2CCC(F)C2)c(C#N)c1)c1ccc2c(c1)CCN(CC(O)CO)CC2. The van der Waals surface area contributed by atoms with Crippen molar-refractivity contribution in [2.45, 2.75) is 31.5 Å². The van der Waals surface area contributed by atoms with Crippen molar-refractivity contribution in [3.05, 3.63) is 70.8 Å². The highest BCUT2D eigenvalue weighted by Crippen LogP contribution is 2.28. The summed E-state index contributed by atoms with van der Waals surface area (Å²) >= 11 is 0. The number of rotatable bonds is 7. The quantitative estimate of drug-likeness (QED) is 0.307. The average molecular weight is 494 g/mol. The predicted octanol–water partition coefficient (Wildman–Crippen LogP) is 2.17. The van der Waals surface area contributed by atoms with Crippen molar-refractivity contribution in [3.63, 3.8) is 0 Å². The van der Waals surface area contributed by atoms with Gasteiger partial charge in [0.25, 0.3) is 0 Å². The average Bonchev–Trinajstić information content (AvgIpc) is 3.23. The van der Waals surface area contributed by atoms with E-state index in [2.05, 4.69) is 34.7 Å². The fourth-order valence-corrected chi connectivity index (χ4v) is 4.81. The van der Waals surface area contributed by atoms with Crippen molar-refractivity contribution in [3.8, 4) is 6.07 Å². The third-order valence-corrected chi connectivity index (χ3v) is 6.80. The van der Waals surface area contributed by atoms with Crippen LogP contribution in [0.25, 0.3) is 5.70 Å². The molecule has 0 aliphatic carbocycles. The maximum Gasteiger partial charge on any atom is 0.245 e. The van der Waals surface area contributed by atoms with Crippen molar-refractivity contribution in [2.24, 2.45) is 10.9 Å². The summed E-state index contributed by atoms with van der Waals surface area (Å²) in [5.74, 6) is 5.67. The van der Waals surface area contributed by atoms with Crippen LogP contribution in [-0.4, -0.2) is 72.6 Å². The zero-order valence-corrected chi connectivity index (χ0v) is 20.2. The third kappa shape index (κ3) is 5.91. The minimum Gasteiger partial charge on any atom is -0.394 e. The highest BCUT2D eigenvalue weighted by Gasteiger charge is 2.24. The van der Waals surface area contributed by atoms with Gasteiger partial charge in [-0.2, -0.15) is 11.2 Å². The molecule has 4 N–H and O–H groups in total. The van der Waals surface area contributed by atoms with Gasteiger partial charge in [-0.25, -0.2) is 9.38 Å². The molecule has 36 heavy (non-hydrogen) atoms. The van der Waals surface area contributed by atoms with E-state index in [9.17, 15) is 14.8 Å². The maximum atomic E-state index is 13.7. The lowest BCUT2D eigenvalue weighted by Gasteiger charge is -2.21. The number of aliphatic hydroxyl groups is 2. The molecule has 2 heterocycles. The fourth-order valence-electron chi connectivity index (χ4n) is 4.81. The summed E-state index contributed by atoms with van der Waals surface area (Å²) in [6, 6.07) is 13.4. The number of hydrogen-bond acceptors (Lipinski definition) is 8. The van der Waals surface area contributed by atoms with Crippen LogP contribution in [0.1, 0.15) is 34.2 Å². The minimum absolute atomic E-state index is 0.131. The van der Waals surface area contributed by atoms with Gasteiger partial charge in [0.15, 0.2) is 0 Å². The number of aliphatic imine (C=N–C) groups is 1. The monoisotopic (exact) mass is 493 g/mol. The van der Waals surface area contributed by atoms with Crippen LogP contribution < -0.4 is 10.8 Å². The molecular weight excluding hydrogens is 461 g/mol. The first-order chi connectivity index (χ1) is 17.4. The second-order valence-electron chi connectivity index (χ2n) is 9.28. The van der Waals surface area contributed by atoms with E-state index in [4.69, 9.17) is 15.8 Å². The summed E-state index contributed by atoms with van der Waals surface area (Å²) in [7, 11) is 0. The van der Waals surface area contributed by atoms with E-state index in [0.29, 0.717) is 42.0 Å². The number of hydrogen-bond donors (Lipinski definition) is 3. The number of aliphatic hydroxyl groups excluding tert-OH is 2. The van der Waals surface area contributed by atoms with Gasteiger partial charge in [0.05, 0.1) is 29.7 Å². The van der Waals surface area contributed by atoms with E-state index in [1.165, 1.54) is 11.1 Å². The molecule has 2 aliphatic heterocycles. The Balaban J connectivity index is 1.52. The second kappa shape index (κ2) is 11.6. The van der Waals surface area contributed by atoms with E-state index in [1.807, 2.05) is 11.0 Å². The second-order valence-corrected chi connectivity index (χ2v) is 9.28. The fraction of sp³-hybridized carbons (Fsp3) is 0.407. The Hall–Kier alpha value is -3.29. The Morgan fingerprint density at radius 2 is 1.94 bits per heavy atom. The first-order valence-electron chi connectivity index (χ1n) is 12.1. The van der Waals surface area contributed by atoms with Crippen LogP contribution in [0.15, 0.2) is 48.0 Å². The van der Waals surface area contributed by atoms with Crippen molar-refractivity contribution < 1.29 is 19.4 Å². The first-order valence-corrected chi connectivity index (χ1v) is 12.1. The van der Waals surface area contributed by atoms with Crippen LogP contribution in [0.4, 0.5) is 10.1 Å². The Morgan fingerprint density at radius 3 is 2.61 bits per heavy atom. The number of nitrogens with two attached hydrogens (primary N) is 1. The number of nitrogens with zero attached hydrogens (tertiary/aromatic N) is 4. The van der Waals surface area contributed by atoms with Gasteiger partial charge in [0, 0.05) is 38.3 Å². The van der Waals surface area contributed by atoms with E-state index in [1.54, 1.807) is 18.2 Å². The molecule has 9 heteroatoms. The topological polar surface area (TPSA) is 118 Å². The van der Waals surface area contributed by atoms with Crippen LogP contribution in [0.5, 0.6) is 0 Å². The summed E-state index contributed by atoms with van der Waals surface area (Å²) in [6.07, 6.45) is 0.484. The van der Waals surface area contributed by atoms with Gasteiger partial charge in [-0.05, 0) is 60.2 Å². The van der Waals surface area contributed by atoms with Gasteiger partial charge in [-0.1, -0.05) is 18.7 Å². The Bertz CT molecular complexity index is 1180. The predicted molar refractivity (Wildman–Crippen MR) is 137 cm³/mol. The summed E-state index contributed by atoms with van der Waals surface area (Å²) in [5.41, 5.74) is 5.34. The minimum atomic E-state index is -0.889. The summed E-state index contributed by atoms with van der Waals surface area (Å²) in [5, 5.41) is 28.6. The molecule has 0 radical (unpaired) electrons. The van der Waals surface area contributed by atoms with Gasteiger partial charge in [0.1, 0.15) is 12.2 Å².